The zero-order chi connectivity index (χ0) is 15.7. The Bertz CT molecular complexity index is 648. The smallest absolute Gasteiger partial charge is 0.0488 e. The molecule has 2 heterocycles. The van der Waals surface area contributed by atoms with E-state index in [9.17, 15) is 0 Å². The number of aromatic nitrogens is 1. The third-order valence-electron chi connectivity index (χ3n) is 5.07. The van der Waals surface area contributed by atoms with E-state index in [0.717, 1.165) is 0 Å². The van der Waals surface area contributed by atoms with E-state index in [2.05, 4.69) is 54.7 Å². The summed E-state index contributed by atoms with van der Waals surface area (Å²) in [6.07, 6.45) is 2.44. The van der Waals surface area contributed by atoms with E-state index in [-0.39, 0.29) is 0 Å². The minimum absolute atomic E-state index is 1.18. The van der Waals surface area contributed by atoms with Gasteiger partial charge in [0.15, 0.2) is 0 Å². The minimum Gasteiger partial charge on any atom is -0.358 e. The predicted octanol–water partition coefficient (Wildman–Crippen LogP) is 3.27. The van der Waals surface area contributed by atoms with Crippen LogP contribution in [0.4, 0.5) is 0 Å². The summed E-state index contributed by atoms with van der Waals surface area (Å²) in [4.78, 5) is 8.63. The molecule has 3 nitrogen and oxygen atoms in total. The number of benzene rings is 1. The average molecular weight is 299 g/mol. The highest BCUT2D eigenvalue weighted by atomic mass is 15.2. The van der Waals surface area contributed by atoms with Gasteiger partial charge >= 0.3 is 0 Å². The molecule has 1 N–H and O–H groups in total. The summed E-state index contributed by atoms with van der Waals surface area (Å²) in [5.74, 6) is 0. The standard InChI is InChI=1S/C19H29N3/c1-14-12-15(2)19-18(13-14)17(16(3)20-19)6-5-7-22-10-8-21(4)9-11-22/h12-13,20H,5-11H2,1-4H3. The van der Waals surface area contributed by atoms with Crippen molar-refractivity contribution in [1.29, 1.82) is 0 Å². The molecular formula is C19H29N3. The summed E-state index contributed by atoms with van der Waals surface area (Å²) in [7, 11) is 2.22. The van der Waals surface area contributed by atoms with Crippen molar-refractivity contribution in [3.05, 3.63) is 34.5 Å². The molecule has 0 spiro atoms. The summed E-state index contributed by atoms with van der Waals surface area (Å²) in [5.41, 5.74) is 6.93. The lowest BCUT2D eigenvalue weighted by Gasteiger charge is -2.32. The first-order valence-corrected chi connectivity index (χ1v) is 8.54. The zero-order valence-electron chi connectivity index (χ0n) is 14.5. The Labute approximate surface area is 134 Å². The molecule has 3 heteroatoms. The summed E-state index contributed by atoms with van der Waals surface area (Å²) in [6, 6.07) is 4.61. The highest BCUT2D eigenvalue weighted by Crippen LogP contribution is 2.27. The molecule has 0 saturated carbocycles. The molecule has 0 radical (unpaired) electrons. The van der Waals surface area contributed by atoms with Crippen LogP contribution in [0.5, 0.6) is 0 Å². The largest absolute Gasteiger partial charge is 0.358 e. The monoisotopic (exact) mass is 299 g/mol. The second-order valence-electron chi connectivity index (χ2n) is 6.98. The van der Waals surface area contributed by atoms with Gasteiger partial charge in [-0.1, -0.05) is 11.6 Å². The van der Waals surface area contributed by atoms with E-state index in [1.807, 2.05) is 0 Å². The molecule has 1 aromatic heterocycles. The second kappa shape index (κ2) is 6.43. The van der Waals surface area contributed by atoms with E-state index in [4.69, 9.17) is 0 Å². The number of rotatable bonds is 4. The Balaban J connectivity index is 1.67. The first-order chi connectivity index (χ1) is 10.5. The van der Waals surface area contributed by atoms with Crippen LogP contribution < -0.4 is 0 Å². The fraction of sp³-hybridized carbons (Fsp3) is 0.579. The molecule has 120 valence electrons. The molecule has 1 aromatic carbocycles. The molecule has 0 aliphatic carbocycles. The molecule has 0 unspecified atom stereocenters. The van der Waals surface area contributed by atoms with Gasteiger partial charge in [-0.3, -0.25) is 0 Å². The summed E-state index contributed by atoms with van der Waals surface area (Å²) in [5, 5.41) is 1.44. The normalized spacial score (nSPS) is 17.5. The molecule has 22 heavy (non-hydrogen) atoms. The van der Waals surface area contributed by atoms with Gasteiger partial charge < -0.3 is 14.8 Å². The van der Waals surface area contributed by atoms with Crippen molar-refractivity contribution in [1.82, 2.24) is 14.8 Å². The Morgan fingerprint density at radius 3 is 2.50 bits per heavy atom. The lowest BCUT2D eigenvalue weighted by molar-refractivity contribution is 0.153. The van der Waals surface area contributed by atoms with Gasteiger partial charge in [0.25, 0.3) is 0 Å². The lowest BCUT2D eigenvalue weighted by Crippen LogP contribution is -2.44. The second-order valence-corrected chi connectivity index (χ2v) is 6.98. The molecule has 3 rings (SSSR count). The Hall–Kier alpha value is -1.32. The van der Waals surface area contributed by atoms with Gasteiger partial charge in [-0.05, 0) is 64.4 Å². The number of H-pyrrole nitrogens is 1. The van der Waals surface area contributed by atoms with Gasteiger partial charge in [0.1, 0.15) is 0 Å². The maximum absolute atomic E-state index is 3.60. The Kier molecular flexibility index (Phi) is 4.55. The highest BCUT2D eigenvalue weighted by Gasteiger charge is 2.14. The van der Waals surface area contributed by atoms with Crippen molar-refractivity contribution < 1.29 is 0 Å². The van der Waals surface area contributed by atoms with Crippen LogP contribution in [-0.2, 0) is 6.42 Å². The van der Waals surface area contributed by atoms with Crippen molar-refractivity contribution in [2.24, 2.45) is 0 Å². The fourth-order valence-corrected chi connectivity index (χ4v) is 3.71. The highest BCUT2D eigenvalue weighted by molar-refractivity contribution is 5.87. The van der Waals surface area contributed by atoms with Gasteiger partial charge in [-0.15, -0.1) is 0 Å². The van der Waals surface area contributed by atoms with E-state index < -0.39 is 0 Å². The number of hydrogen-bond donors (Lipinski definition) is 1. The average Bonchev–Trinajstić information content (AvgIpc) is 2.78. The molecule has 1 saturated heterocycles. The third kappa shape index (κ3) is 3.21. The van der Waals surface area contributed by atoms with Crippen LogP contribution in [0.3, 0.4) is 0 Å². The van der Waals surface area contributed by atoms with Crippen molar-refractivity contribution >= 4 is 10.9 Å². The number of aromatic amines is 1. The van der Waals surface area contributed by atoms with Gasteiger partial charge in [0.05, 0.1) is 0 Å². The van der Waals surface area contributed by atoms with Gasteiger partial charge in [0.2, 0.25) is 0 Å². The van der Waals surface area contributed by atoms with E-state index in [1.165, 1.54) is 78.9 Å². The maximum atomic E-state index is 3.60. The third-order valence-corrected chi connectivity index (χ3v) is 5.07. The first-order valence-electron chi connectivity index (χ1n) is 8.54. The van der Waals surface area contributed by atoms with Gasteiger partial charge in [-0.25, -0.2) is 0 Å². The SMILES string of the molecule is Cc1cc(C)c2[nH]c(C)c(CCCN3CCN(C)CC3)c2c1. The topological polar surface area (TPSA) is 22.3 Å². The van der Waals surface area contributed by atoms with E-state index in [1.54, 1.807) is 0 Å². The molecule has 1 fully saturated rings. The molecule has 2 aromatic rings. The number of nitrogens with one attached hydrogen (secondary N) is 1. The molecular weight excluding hydrogens is 270 g/mol. The number of hydrogen-bond acceptors (Lipinski definition) is 2. The van der Waals surface area contributed by atoms with Crippen LogP contribution in [0.1, 0.15) is 28.8 Å². The van der Waals surface area contributed by atoms with E-state index >= 15 is 0 Å². The number of likely N-dealkylation sites (N-methyl/N-ethyl adjacent to an activating group) is 1. The first kappa shape index (κ1) is 15.6. The lowest BCUT2D eigenvalue weighted by atomic mass is 10.0. The summed E-state index contributed by atoms with van der Waals surface area (Å²) >= 11 is 0. The van der Waals surface area contributed by atoms with Crippen molar-refractivity contribution in [2.45, 2.75) is 33.6 Å². The zero-order valence-corrected chi connectivity index (χ0v) is 14.5. The van der Waals surface area contributed by atoms with Gasteiger partial charge in [0, 0.05) is 42.8 Å². The Morgan fingerprint density at radius 1 is 1.05 bits per heavy atom. The summed E-state index contributed by atoms with van der Waals surface area (Å²) < 4.78 is 0. The summed E-state index contributed by atoms with van der Waals surface area (Å²) in [6.45, 7) is 12.7. The number of aryl methyl sites for hydroxylation is 4. The quantitative estimate of drug-likeness (QED) is 0.936. The number of piperazine rings is 1. The molecule has 1 aliphatic rings. The van der Waals surface area contributed by atoms with E-state index in [0.29, 0.717) is 0 Å². The van der Waals surface area contributed by atoms with Crippen molar-refractivity contribution in [3.63, 3.8) is 0 Å². The molecule has 1 aliphatic heterocycles. The van der Waals surface area contributed by atoms with Crippen LogP contribution in [0.2, 0.25) is 0 Å². The van der Waals surface area contributed by atoms with Gasteiger partial charge in [-0.2, -0.15) is 0 Å². The van der Waals surface area contributed by atoms with Crippen molar-refractivity contribution in [2.75, 3.05) is 39.8 Å². The van der Waals surface area contributed by atoms with Crippen LogP contribution in [-0.4, -0.2) is 54.6 Å². The van der Waals surface area contributed by atoms with Crippen molar-refractivity contribution in [3.8, 4) is 0 Å². The van der Waals surface area contributed by atoms with Crippen LogP contribution in [0.25, 0.3) is 10.9 Å². The maximum Gasteiger partial charge on any atom is 0.0488 e. The molecule has 0 atom stereocenters. The van der Waals surface area contributed by atoms with Crippen LogP contribution in [0, 0.1) is 20.8 Å². The minimum atomic E-state index is 1.18. The molecule has 0 amide bonds. The Morgan fingerprint density at radius 2 is 1.77 bits per heavy atom. The molecule has 0 bridgehead atoms. The number of fused-ring (bicyclic) bond motifs is 1. The van der Waals surface area contributed by atoms with Crippen LogP contribution >= 0.6 is 0 Å². The fourth-order valence-electron chi connectivity index (χ4n) is 3.71. The number of nitrogens with zero attached hydrogens (tertiary/aromatic N) is 2. The van der Waals surface area contributed by atoms with Crippen LogP contribution in [0.15, 0.2) is 12.1 Å². The predicted molar refractivity (Wildman–Crippen MR) is 94.8 cm³/mol.